The molecule has 0 aliphatic heterocycles. The molecule has 0 bridgehead atoms. The maximum absolute atomic E-state index is 12.5. The SMILES string of the molecule is Cc1c(Cl)cccc1N=C=O.Cc1cc(Br)cc(C)c1N=C=O.Cc1cc(Br)ccc1N=C=O.N#Cc1ccc(N=C=O)cc1.O=C=Nc1ccc(F)c(Cl)c1. The van der Waals surface area contributed by atoms with Crippen LogP contribution in [0.4, 0.5) is 32.8 Å². The molecule has 282 valence electrons. The lowest BCUT2D eigenvalue weighted by Crippen LogP contribution is -1.80. The normalized spacial score (nSPS) is 8.79. The zero-order valence-corrected chi connectivity index (χ0v) is 34.5. The van der Waals surface area contributed by atoms with E-state index in [0.29, 0.717) is 39.0 Å². The topological polar surface area (TPSA) is 171 Å². The highest BCUT2D eigenvalue weighted by molar-refractivity contribution is 9.10. The highest BCUT2D eigenvalue weighted by Crippen LogP contribution is 2.27. The Labute approximate surface area is 348 Å². The first kappa shape index (κ1) is 48.0. The number of rotatable bonds is 5. The van der Waals surface area contributed by atoms with Crippen LogP contribution in [-0.2, 0) is 24.0 Å². The van der Waals surface area contributed by atoms with E-state index in [4.69, 9.17) is 28.5 Å². The molecule has 0 saturated carbocycles. The molecule has 5 rings (SSSR count). The van der Waals surface area contributed by atoms with Crippen molar-refractivity contribution in [3.8, 4) is 6.07 Å². The van der Waals surface area contributed by atoms with Crippen LogP contribution >= 0.6 is 55.1 Å². The van der Waals surface area contributed by atoms with Crippen LogP contribution in [-0.4, -0.2) is 30.4 Å². The summed E-state index contributed by atoms with van der Waals surface area (Å²) < 4.78 is 14.5. The van der Waals surface area contributed by atoms with Crippen molar-refractivity contribution < 1.29 is 28.4 Å². The van der Waals surface area contributed by atoms with Crippen molar-refractivity contribution in [1.82, 2.24) is 0 Å². The van der Waals surface area contributed by atoms with E-state index in [-0.39, 0.29) is 5.02 Å². The third kappa shape index (κ3) is 17.9. The van der Waals surface area contributed by atoms with Gasteiger partial charge in [0.2, 0.25) is 30.4 Å². The smallest absolute Gasteiger partial charge is 0.211 e. The second-order valence-electron chi connectivity index (χ2n) is 10.5. The van der Waals surface area contributed by atoms with Crippen molar-refractivity contribution in [2.45, 2.75) is 27.7 Å². The van der Waals surface area contributed by atoms with Crippen LogP contribution in [0.5, 0.6) is 0 Å². The first-order chi connectivity index (χ1) is 26.7. The van der Waals surface area contributed by atoms with Gasteiger partial charge in [-0.25, -0.2) is 28.4 Å². The van der Waals surface area contributed by atoms with Gasteiger partial charge in [-0.05, 0) is 135 Å². The van der Waals surface area contributed by atoms with Crippen LogP contribution in [0.1, 0.15) is 27.8 Å². The van der Waals surface area contributed by atoms with Gasteiger partial charge in [0, 0.05) is 14.0 Å². The van der Waals surface area contributed by atoms with Gasteiger partial charge in [0.1, 0.15) is 5.82 Å². The van der Waals surface area contributed by atoms with Crippen LogP contribution in [0.3, 0.4) is 0 Å². The zero-order chi connectivity index (χ0) is 42.0. The molecule has 0 saturated heterocycles. The Balaban J connectivity index is 0.000000350. The lowest BCUT2D eigenvalue weighted by molar-refractivity contribution is 0.564. The standard InChI is InChI=1S/C9H8BrNO.C8H6BrNO.C8H6ClNO.C8H4N2O.C7H3ClFNO/c1-6-3-8(10)4-7(2)9(6)11-5-12;1-6-4-7(9)2-3-8(6)10-5-11;1-6-7(9)3-2-4-8(6)10-5-11;9-5-7-1-3-8(4-2-7)10-6-11;8-6-3-5(10-4-11)1-2-7(6)9/h3-4H,1-2H3;2*2-4H,1H3;1-4H;1-3H. The molecule has 5 aromatic carbocycles. The Morgan fingerprint density at radius 1 is 0.554 bits per heavy atom. The van der Waals surface area contributed by atoms with E-state index < -0.39 is 5.82 Å². The summed E-state index contributed by atoms with van der Waals surface area (Å²) in [5.41, 5.74) is 7.04. The average Bonchev–Trinajstić information content (AvgIpc) is 3.16. The number of hydrogen-bond acceptors (Lipinski definition) is 11. The van der Waals surface area contributed by atoms with Gasteiger partial charge in [-0.2, -0.15) is 30.2 Å². The third-order valence-corrected chi connectivity index (χ3v) is 8.24. The summed E-state index contributed by atoms with van der Waals surface area (Å²) in [4.78, 5) is 66.6. The van der Waals surface area contributed by atoms with E-state index in [0.717, 1.165) is 37.3 Å². The van der Waals surface area contributed by atoms with Crippen molar-refractivity contribution in [2.75, 3.05) is 0 Å². The molecular formula is C40H27Br2Cl2FN6O5. The molecule has 0 radical (unpaired) electrons. The molecule has 0 spiro atoms. The predicted molar refractivity (Wildman–Crippen MR) is 220 cm³/mol. The highest BCUT2D eigenvalue weighted by Gasteiger charge is 2.02. The van der Waals surface area contributed by atoms with Gasteiger partial charge < -0.3 is 0 Å². The molecule has 0 atom stereocenters. The summed E-state index contributed by atoms with van der Waals surface area (Å²) in [7, 11) is 0. The summed E-state index contributed by atoms with van der Waals surface area (Å²) >= 11 is 17.8. The van der Waals surface area contributed by atoms with Crippen molar-refractivity contribution in [1.29, 1.82) is 5.26 Å². The van der Waals surface area contributed by atoms with E-state index in [1.807, 2.05) is 51.1 Å². The molecule has 0 heterocycles. The van der Waals surface area contributed by atoms with Crippen molar-refractivity contribution in [3.05, 3.63) is 144 Å². The molecular weight excluding hydrogens is 894 g/mol. The molecule has 0 aliphatic carbocycles. The second kappa shape index (κ2) is 26.7. The first-order valence-electron chi connectivity index (χ1n) is 15.4. The Hall–Kier alpha value is -6.04. The summed E-state index contributed by atoms with van der Waals surface area (Å²) in [6.45, 7) is 7.52. The van der Waals surface area contributed by atoms with Crippen LogP contribution in [0.25, 0.3) is 0 Å². The van der Waals surface area contributed by atoms with Gasteiger partial charge in [0.05, 0.1) is 45.1 Å². The van der Waals surface area contributed by atoms with Crippen LogP contribution in [0.2, 0.25) is 10.0 Å². The van der Waals surface area contributed by atoms with Crippen molar-refractivity contribution in [2.24, 2.45) is 25.0 Å². The molecule has 11 nitrogen and oxygen atoms in total. The van der Waals surface area contributed by atoms with E-state index in [9.17, 15) is 28.4 Å². The van der Waals surface area contributed by atoms with Gasteiger partial charge in [0.25, 0.3) is 0 Å². The number of halogens is 5. The summed E-state index contributed by atoms with van der Waals surface area (Å²) in [5.74, 6) is -0.531. The summed E-state index contributed by atoms with van der Waals surface area (Å²) in [6, 6.07) is 26.6. The lowest BCUT2D eigenvalue weighted by atomic mass is 10.1. The summed E-state index contributed by atoms with van der Waals surface area (Å²) in [6.07, 6.45) is 7.26. The molecule has 0 N–H and O–H groups in total. The minimum absolute atomic E-state index is 0.0542. The molecule has 0 unspecified atom stereocenters. The minimum atomic E-state index is -0.531. The molecule has 16 heteroatoms. The van der Waals surface area contributed by atoms with Gasteiger partial charge in [-0.1, -0.05) is 61.1 Å². The molecule has 0 aliphatic rings. The number of aliphatic imine (C=N–C) groups is 5. The number of carbonyl (C=O) groups excluding carboxylic acids is 5. The lowest BCUT2D eigenvalue weighted by Gasteiger charge is -2.02. The maximum atomic E-state index is 12.5. The fourth-order valence-electron chi connectivity index (χ4n) is 3.96. The monoisotopic (exact) mass is 918 g/mol. The van der Waals surface area contributed by atoms with Crippen molar-refractivity contribution >= 4 is 114 Å². The number of isocyanates is 5. The maximum Gasteiger partial charge on any atom is 0.240 e. The number of nitrogens with zero attached hydrogens (tertiary/aromatic N) is 6. The minimum Gasteiger partial charge on any atom is -0.211 e. The number of nitriles is 1. The quantitative estimate of drug-likeness (QED) is 0.125. The number of benzene rings is 5. The molecule has 56 heavy (non-hydrogen) atoms. The summed E-state index contributed by atoms with van der Waals surface area (Å²) in [5, 5.41) is 8.96. The third-order valence-electron chi connectivity index (χ3n) is 6.59. The number of aryl methyl sites for hydroxylation is 3. The molecule has 0 amide bonds. The zero-order valence-electron chi connectivity index (χ0n) is 29.8. The second-order valence-corrected chi connectivity index (χ2v) is 13.1. The largest absolute Gasteiger partial charge is 0.240 e. The van der Waals surface area contributed by atoms with Gasteiger partial charge in [0.15, 0.2) is 0 Å². The molecule has 5 aromatic rings. The van der Waals surface area contributed by atoms with Crippen molar-refractivity contribution in [3.63, 3.8) is 0 Å². The van der Waals surface area contributed by atoms with E-state index in [1.165, 1.54) is 36.5 Å². The van der Waals surface area contributed by atoms with Gasteiger partial charge in [-0.3, -0.25) is 0 Å². The molecule has 0 fully saturated rings. The Kier molecular flexibility index (Phi) is 22.9. The van der Waals surface area contributed by atoms with Crippen LogP contribution in [0.15, 0.2) is 125 Å². The Morgan fingerprint density at radius 2 is 1.07 bits per heavy atom. The predicted octanol–water partition coefficient (Wildman–Crippen LogP) is 12.3. The fraction of sp³-hybridized carbons (Fsp3) is 0.100. The van der Waals surface area contributed by atoms with Crippen LogP contribution < -0.4 is 0 Å². The van der Waals surface area contributed by atoms with E-state index in [2.05, 4.69) is 56.8 Å². The Bertz CT molecular complexity index is 2410. The van der Waals surface area contributed by atoms with Gasteiger partial charge in [-0.15, -0.1) is 0 Å². The van der Waals surface area contributed by atoms with E-state index >= 15 is 0 Å². The number of hydrogen-bond donors (Lipinski definition) is 0. The Morgan fingerprint density at radius 3 is 1.59 bits per heavy atom. The highest BCUT2D eigenvalue weighted by atomic mass is 79.9. The molecule has 0 aromatic heterocycles. The van der Waals surface area contributed by atoms with E-state index in [1.54, 1.807) is 61.5 Å². The van der Waals surface area contributed by atoms with Gasteiger partial charge >= 0.3 is 0 Å². The fourth-order valence-corrected chi connectivity index (χ4v) is 5.46. The van der Waals surface area contributed by atoms with Crippen LogP contribution in [0, 0.1) is 44.8 Å². The first-order valence-corrected chi connectivity index (χ1v) is 17.7. The average molecular weight is 921 g/mol.